The fourth-order valence-electron chi connectivity index (χ4n) is 9.07. The Morgan fingerprint density at radius 1 is 0.276 bits per heavy atom. The molecule has 1 atom stereocenters. The Labute approximate surface area is 470 Å². The van der Waals surface area contributed by atoms with E-state index in [9.17, 15) is 14.4 Å². The molecular weight excluding hydrogens is 937 g/mol. The lowest BCUT2D eigenvalue weighted by atomic mass is 10.0. The van der Waals surface area contributed by atoms with Gasteiger partial charge in [0.15, 0.2) is 6.10 Å². The summed E-state index contributed by atoms with van der Waals surface area (Å²) < 4.78 is 16.9. The van der Waals surface area contributed by atoms with Crippen LogP contribution in [0, 0.1) is 0 Å². The summed E-state index contributed by atoms with van der Waals surface area (Å²) in [5, 5.41) is 0. The van der Waals surface area contributed by atoms with Gasteiger partial charge >= 0.3 is 17.9 Å². The van der Waals surface area contributed by atoms with Gasteiger partial charge in [0.25, 0.3) is 0 Å². The van der Waals surface area contributed by atoms with E-state index in [0.29, 0.717) is 19.3 Å². The number of hydrogen-bond donors (Lipinski definition) is 0. The van der Waals surface area contributed by atoms with Gasteiger partial charge in [-0.25, -0.2) is 0 Å². The first-order chi connectivity index (χ1) is 37.5. The van der Waals surface area contributed by atoms with Crippen molar-refractivity contribution >= 4 is 17.9 Å². The first-order valence-corrected chi connectivity index (χ1v) is 32.2. The third-order valence-electron chi connectivity index (χ3n) is 13.8. The van der Waals surface area contributed by atoms with Gasteiger partial charge in [-0.05, 0) is 96.3 Å². The minimum absolute atomic E-state index is 0.0813. The van der Waals surface area contributed by atoms with Crippen molar-refractivity contribution in [2.24, 2.45) is 0 Å². The molecule has 0 saturated carbocycles. The largest absolute Gasteiger partial charge is 0.462 e. The summed E-state index contributed by atoms with van der Waals surface area (Å²) in [6, 6.07) is 0. The third-order valence-corrected chi connectivity index (χ3v) is 13.8. The van der Waals surface area contributed by atoms with E-state index in [0.717, 1.165) is 128 Å². The van der Waals surface area contributed by atoms with Crippen molar-refractivity contribution in [3.8, 4) is 0 Å². The highest BCUT2D eigenvalue weighted by atomic mass is 16.6. The maximum Gasteiger partial charge on any atom is 0.306 e. The van der Waals surface area contributed by atoms with Crippen LogP contribution in [0.5, 0.6) is 0 Å². The van der Waals surface area contributed by atoms with Crippen LogP contribution in [0.25, 0.3) is 0 Å². The molecule has 0 amide bonds. The van der Waals surface area contributed by atoms with Crippen molar-refractivity contribution in [3.63, 3.8) is 0 Å². The molecular formula is C70H120O6. The van der Waals surface area contributed by atoms with Gasteiger partial charge in [-0.2, -0.15) is 0 Å². The zero-order chi connectivity index (χ0) is 55.0. The Morgan fingerprint density at radius 3 is 0.803 bits per heavy atom. The van der Waals surface area contributed by atoms with Gasteiger partial charge in [-0.15, -0.1) is 0 Å². The second-order valence-corrected chi connectivity index (χ2v) is 21.3. The van der Waals surface area contributed by atoms with Crippen LogP contribution >= 0.6 is 0 Å². The van der Waals surface area contributed by atoms with Crippen LogP contribution in [0.1, 0.15) is 310 Å². The van der Waals surface area contributed by atoms with Gasteiger partial charge in [-0.1, -0.05) is 291 Å². The molecule has 0 bridgehead atoms. The van der Waals surface area contributed by atoms with Crippen molar-refractivity contribution in [1.29, 1.82) is 0 Å². The Balaban J connectivity index is 4.25. The summed E-state index contributed by atoms with van der Waals surface area (Å²) in [5.74, 6) is -0.888. The van der Waals surface area contributed by atoms with E-state index >= 15 is 0 Å². The van der Waals surface area contributed by atoms with Crippen molar-refractivity contribution in [1.82, 2.24) is 0 Å². The number of rotatable bonds is 58. The number of esters is 3. The molecule has 0 aromatic rings. The molecule has 436 valence electrons. The van der Waals surface area contributed by atoms with Crippen LogP contribution in [-0.4, -0.2) is 37.2 Å². The minimum atomic E-state index is -0.786. The van der Waals surface area contributed by atoms with E-state index in [1.807, 2.05) is 0 Å². The molecule has 0 aliphatic carbocycles. The van der Waals surface area contributed by atoms with Crippen LogP contribution < -0.4 is 0 Å². The van der Waals surface area contributed by atoms with Crippen LogP contribution in [0.3, 0.4) is 0 Å². The molecule has 0 spiro atoms. The number of carbonyl (C=O) groups is 3. The van der Waals surface area contributed by atoms with Gasteiger partial charge in [-0.3, -0.25) is 14.4 Å². The highest BCUT2D eigenvalue weighted by molar-refractivity contribution is 5.71. The number of hydrogen-bond acceptors (Lipinski definition) is 6. The first-order valence-electron chi connectivity index (χ1n) is 32.2. The molecule has 0 radical (unpaired) electrons. The second kappa shape index (κ2) is 63.9. The fourth-order valence-corrected chi connectivity index (χ4v) is 9.07. The Kier molecular flexibility index (Phi) is 60.8. The van der Waals surface area contributed by atoms with Crippen molar-refractivity contribution in [2.75, 3.05) is 13.2 Å². The van der Waals surface area contributed by atoms with Gasteiger partial charge < -0.3 is 14.2 Å². The monoisotopic (exact) mass is 1060 g/mol. The molecule has 0 saturated heterocycles. The SMILES string of the molecule is CC/C=C\C/C=C\C/C=C\C/C=C\C/C=C\CCCCCCCCCCCCCCCC(=O)OCC(COC(=O)CCCCCCCCCCCCCCCC)OC(=O)CCCCCCC/C=C\C/C=C\C/C=C\CC. The molecule has 0 aliphatic heterocycles. The maximum absolute atomic E-state index is 12.9. The van der Waals surface area contributed by atoms with Crippen molar-refractivity contribution in [2.45, 2.75) is 316 Å². The average Bonchev–Trinajstić information content (AvgIpc) is 3.42. The molecule has 0 fully saturated rings. The van der Waals surface area contributed by atoms with E-state index in [2.05, 4.69) is 118 Å². The molecule has 0 aromatic carbocycles. The van der Waals surface area contributed by atoms with E-state index in [4.69, 9.17) is 14.2 Å². The van der Waals surface area contributed by atoms with Gasteiger partial charge in [0.05, 0.1) is 0 Å². The van der Waals surface area contributed by atoms with E-state index in [1.54, 1.807) is 0 Å². The van der Waals surface area contributed by atoms with Gasteiger partial charge in [0, 0.05) is 19.3 Å². The predicted octanol–water partition coefficient (Wildman–Crippen LogP) is 22.0. The summed E-state index contributed by atoms with van der Waals surface area (Å²) in [5.41, 5.74) is 0. The average molecular weight is 1060 g/mol. The highest BCUT2D eigenvalue weighted by Crippen LogP contribution is 2.17. The Morgan fingerprint density at radius 2 is 0.513 bits per heavy atom. The summed E-state index contributed by atoms with van der Waals surface area (Å²) >= 11 is 0. The molecule has 0 heterocycles. The molecule has 76 heavy (non-hydrogen) atoms. The summed E-state index contributed by atoms with van der Waals surface area (Å²) in [7, 11) is 0. The predicted molar refractivity (Wildman–Crippen MR) is 330 cm³/mol. The first kappa shape index (κ1) is 72.3. The zero-order valence-corrected chi connectivity index (χ0v) is 50.0. The normalized spacial score (nSPS) is 12.7. The van der Waals surface area contributed by atoms with E-state index < -0.39 is 6.10 Å². The highest BCUT2D eigenvalue weighted by Gasteiger charge is 2.19. The number of carbonyl (C=O) groups excluding carboxylic acids is 3. The fraction of sp³-hybridized carbons (Fsp3) is 0.729. The lowest BCUT2D eigenvalue weighted by Gasteiger charge is -2.18. The number of unbranched alkanes of at least 4 members (excludes halogenated alkanes) is 31. The summed E-state index contributed by atoms with van der Waals surface area (Å²) in [6.07, 6.45) is 85.6. The van der Waals surface area contributed by atoms with Gasteiger partial charge in [0.2, 0.25) is 0 Å². The minimum Gasteiger partial charge on any atom is -0.462 e. The van der Waals surface area contributed by atoms with Crippen molar-refractivity contribution in [3.05, 3.63) is 97.2 Å². The van der Waals surface area contributed by atoms with Crippen LogP contribution in [-0.2, 0) is 28.6 Å². The molecule has 0 aliphatic rings. The lowest BCUT2D eigenvalue weighted by molar-refractivity contribution is -0.167. The van der Waals surface area contributed by atoms with Crippen LogP contribution in [0.15, 0.2) is 97.2 Å². The summed E-state index contributed by atoms with van der Waals surface area (Å²) in [6.45, 7) is 6.43. The van der Waals surface area contributed by atoms with Crippen molar-refractivity contribution < 1.29 is 28.6 Å². The smallest absolute Gasteiger partial charge is 0.306 e. The van der Waals surface area contributed by atoms with Crippen LogP contribution in [0.4, 0.5) is 0 Å². The van der Waals surface area contributed by atoms with Crippen LogP contribution in [0.2, 0.25) is 0 Å². The quantitative estimate of drug-likeness (QED) is 0.0261. The number of ether oxygens (including phenoxy) is 3. The molecule has 1 unspecified atom stereocenters. The lowest BCUT2D eigenvalue weighted by Crippen LogP contribution is -2.30. The van der Waals surface area contributed by atoms with E-state index in [1.165, 1.54) is 141 Å². The molecule has 6 heteroatoms. The summed E-state index contributed by atoms with van der Waals surface area (Å²) in [4.78, 5) is 38.3. The second-order valence-electron chi connectivity index (χ2n) is 21.3. The Hall–Kier alpha value is -3.67. The molecule has 0 aromatic heterocycles. The zero-order valence-electron chi connectivity index (χ0n) is 50.0. The topological polar surface area (TPSA) is 78.9 Å². The Bertz CT molecular complexity index is 1490. The molecule has 6 nitrogen and oxygen atoms in total. The number of allylic oxidation sites excluding steroid dienone is 16. The van der Waals surface area contributed by atoms with Gasteiger partial charge in [0.1, 0.15) is 13.2 Å². The van der Waals surface area contributed by atoms with E-state index in [-0.39, 0.29) is 31.1 Å². The third kappa shape index (κ3) is 61.2. The molecule has 0 rings (SSSR count). The maximum atomic E-state index is 12.9. The molecule has 0 N–H and O–H groups in total. The standard InChI is InChI=1S/C70H120O6/c1-4-7-10-13-16-19-22-25-28-29-30-31-32-33-34-35-36-37-38-39-40-41-43-45-48-51-54-57-60-63-69(72)75-66-67(65-74-68(71)62-59-56-53-50-47-44-27-24-21-18-15-12-9-6-3)76-70(73)64-61-58-55-52-49-46-42-26-23-20-17-14-11-8-5-2/h7-8,10-11,16-17,19-20,25-26,28,30-31,33-34,42,67H,4-6,9,12-15,18,21-24,27,29,32,35-41,43-66H2,1-3H3/b10-7-,11-8-,19-16-,20-17-,28-25-,31-30-,34-33-,42-26-.